The molecule has 0 saturated heterocycles. The van der Waals surface area contributed by atoms with Crippen LogP contribution in [0, 0.1) is 5.92 Å². The SMILES string of the molecule is O=C(N[C@@H]1c2ccccc2C[C@@H]1O)[C@@H]1C[C@H]1c1ccco1. The maximum absolute atomic E-state index is 12.4. The van der Waals surface area contributed by atoms with Crippen LogP contribution >= 0.6 is 0 Å². The van der Waals surface area contributed by atoms with E-state index in [2.05, 4.69) is 5.32 Å². The summed E-state index contributed by atoms with van der Waals surface area (Å²) < 4.78 is 5.36. The van der Waals surface area contributed by atoms with E-state index in [4.69, 9.17) is 4.42 Å². The summed E-state index contributed by atoms with van der Waals surface area (Å²) in [5.74, 6) is 1.05. The Morgan fingerprint density at radius 2 is 2.10 bits per heavy atom. The van der Waals surface area contributed by atoms with E-state index in [0.717, 1.165) is 23.3 Å². The number of benzene rings is 1. The Balaban J connectivity index is 1.46. The molecule has 4 nitrogen and oxygen atoms in total. The van der Waals surface area contributed by atoms with Crippen molar-refractivity contribution in [1.29, 1.82) is 0 Å². The van der Waals surface area contributed by atoms with Crippen LogP contribution in [0.15, 0.2) is 47.1 Å². The van der Waals surface area contributed by atoms with Gasteiger partial charge in [-0.15, -0.1) is 0 Å². The normalized spacial score (nSPS) is 30.0. The van der Waals surface area contributed by atoms with Gasteiger partial charge in [-0.2, -0.15) is 0 Å². The average molecular weight is 283 g/mol. The van der Waals surface area contributed by atoms with Crippen LogP contribution in [0.3, 0.4) is 0 Å². The van der Waals surface area contributed by atoms with Crippen molar-refractivity contribution in [3.8, 4) is 0 Å². The Kier molecular flexibility index (Phi) is 2.86. The second-order valence-electron chi connectivity index (χ2n) is 5.92. The molecule has 0 unspecified atom stereocenters. The highest BCUT2D eigenvalue weighted by Crippen LogP contribution is 2.48. The van der Waals surface area contributed by atoms with E-state index in [9.17, 15) is 9.90 Å². The number of nitrogens with one attached hydrogen (secondary N) is 1. The number of amides is 1. The summed E-state index contributed by atoms with van der Waals surface area (Å²) in [7, 11) is 0. The lowest BCUT2D eigenvalue weighted by atomic mass is 10.1. The summed E-state index contributed by atoms with van der Waals surface area (Å²) in [6, 6.07) is 11.4. The van der Waals surface area contributed by atoms with E-state index in [-0.39, 0.29) is 23.8 Å². The molecule has 0 aliphatic heterocycles. The molecule has 1 saturated carbocycles. The number of hydrogen-bond acceptors (Lipinski definition) is 3. The van der Waals surface area contributed by atoms with Gasteiger partial charge in [0.2, 0.25) is 5.91 Å². The second-order valence-corrected chi connectivity index (χ2v) is 5.92. The molecule has 21 heavy (non-hydrogen) atoms. The monoisotopic (exact) mass is 283 g/mol. The molecule has 2 aliphatic rings. The first kappa shape index (κ1) is 12.7. The molecule has 1 heterocycles. The third kappa shape index (κ3) is 2.16. The zero-order valence-electron chi connectivity index (χ0n) is 11.5. The smallest absolute Gasteiger partial charge is 0.224 e. The summed E-state index contributed by atoms with van der Waals surface area (Å²) >= 11 is 0. The summed E-state index contributed by atoms with van der Waals surface area (Å²) in [5.41, 5.74) is 2.15. The first-order valence-electron chi connectivity index (χ1n) is 7.33. The first-order chi connectivity index (χ1) is 10.2. The van der Waals surface area contributed by atoms with Crippen LogP contribution in [-0.2, 0) is 11.2 Å². The lowest BCUT2D eigenvalue weighted by molar-refractivity contribution is -0.124. The maximum Gasteiger partial charge on any atom is 0.224 e. The molecule has 1 aromatic heterocycles. The van der Waals surface area contributed by atoms with E-state index in [1.54, 1.807) is 6.26 Å². The number of aliphatic hydroxyl groups excluding tert-OH is 1. The van der Waals surface area contributed by atoms with Gasteiger partial charge in [-0.25, -0.2) is 0 Å². The van der Waals surface area contributed by atoms with Gasteiger partial charge in [0.15, 0.2) is 0 Å². The topological polar surface area (TPSA) is 62.5 Å². The van der Waals surface area contributed by atoms with Gasteiger partial charge >= 0.3 is 0 Å². The predicted octanol–water partition coefficient (Wildman–Crippen LogP) is 2.16. The minimum atomic E-state index is -0.535. The van der Waals surface area contributed by atoms with Crippen molar-refractivity contribution in [3.63, 3.8) is 0 Å². The van der Waals surface area contributed by atoms with Crippen molar-refractivity contribution in [2.75, 3.05) is 0 Å². The Bertz CT molecular complexity index is 664. The number of rotatable bonds is 3. The highest BCUT2D eigenvalue weighted by atomic mass is 16.3. The average Bonchev–Trinajstić information content (AvgIpc) is 2.97. The Hall–Kier alpha value is -2.07. The Labute approximate surface area is 122 Å². The van der Waals surface area contributed by atoms with Crippen molar-refractivity contribution >= 4 is 5.91 Å². The molecule has 4 atom stereocenters. The molecule has 2 aliphatic carbocycles. The van der Waals surface area contributed by atoms with Gasteiger partial charge in [-0.3, -0.25) is 4.79 Å². The lowest BCUT2D eigenvalue weighted by Crippen LogP contribution is -2.35. The summed E-state index contributed by atoms with van der Waals surface area (Å²) in [6.07, 6.45) is 2.53. The molecule has 4 rings (SSSR count). The van der Waals surface area contributed by atoms with Crippen LogP contribution in [0.5, 0.6) is 0 Å². The minimum Gasteiger partial charge on any atom is -0.469 e. The summed E-state index contributed by atoms with van der Waals surface area (Å²) in [6.45, 7) is 0. The fourth-order valence-corrected chi connectivity index (χ4v) is 3.31. The molecule has 2 aromatic rings. The predicted molar refractivity (Wildman–Crippen MR) is 76.6 cm³/mol. The molecule has 4 heteroatoms. The van der Waals surface area contributed by atoms with Crippen LogP contribution < -0.4 is 5.32 Å². The lowest BCUT2D eigenvalue weighted by Gasteiger charge is -2.18. The standard InChI is InChI=1S/C17H17NO3/c19-14-8-10-4-1-2-5-11(10)16(14)18-17(20)13-9-12(13)15-6-3-7-21-15/h1-7,12-14,16,19H,8-9H2,(H,18,20)/t12-,13-,14+,16-/m1/s1. The third-order valence-electron chi connectivity index (χ3n) is 4.54. The van der Waals surface area contributed by atoms with Crippen LogP contribution in [-0.4, -0.2) is 17.1 Å². The molecule has 1 aromatic carbocycles. The van der Waals surface area contributed by atoms with Crippen molar-refractivity contribution in [2.24, 2.45) is 5.92 Å². The number of carbonyl (C=O) groups excluding carboxylic acids is 1. The Morgan fingerprint density at radius 1 is 1.24 bits per heavy atom. The maximum atomic E-state index is 12.4. The zero-order chi connectivity index (χ0) is 14.4. The van der Waals surface area contributed by atoms with Crippen molar-refractivity contribution in [2.45, 2.75) is 30.9 Å². The molecule has 1 amide bonds. The fraction of sp³-hybridized carbons (Fsp3) is 0.353. The summed E-state index contributed by atoms with van der Waals surface area (Å²) in [5, 5.41) is 13.2. The highest BCUT2D eigenvalue weighted by Gasteiger charge is 2.47. The molecular weight excluding hydrogens is 266 g/mol. The van der Waals surface area contributed by atoms with E-state index in [1.165, 1.54) is 0 Å². The van der Waals surface area contributed by atoms with Gasteiger partial charge in [0.05, 0.1) is 18.4 Å². The number of carbonyl (C=O) groups is 1. The molecule has 108 valence electrons. The quantitative estimate of drug-likeness (QED) is 0.907. The highest BCUT2D eigenvalue weighted by molar-refractivity contribution is 5.83. The molecular formula is C17H17NO3. The third-order valence-corrected chi connectivity index (χ3v) is 4.54. The fourth-order valence-electron chi connectivity index (χ4n) is 3.31. The molecule has 0 radical (unpaired) electrons. The van der Waals surface area contributed by atoms with Crippen molar-refractivity contribution in [1.82, 2.24) is 5.32 Å². The van der Waals surface area contributed by atoms with Crippen molar-refractivity contribution in [3.05, 3.63) is 59.5 Å². The molecule has 1 fully saturated rings. The number of fused-ring (bicyclic) bond motifs is 1. The van der Waals surface area contributed by atoms with Gasteiger partial charge in [-0.05, 0) is 29.7 Å². The number of hydrogen-bond donors (Lipinski definition) is 2. The van der Waals surface area contributed by atoms with E-state index in [1.807, 2.05) is 36.4 Å². The first-order valence-corrected chi connectivity index (χ1v) is 7.33. The summed E-state index contributed by atoms with van der Waals surface area (Å²) in [4.78, 5) is 12.4. The largest absolute Gasteiger partial charge is 0.469 e. The molecule has 0 spiro atoms. The Morgan fingerprint density at radius 3 is 2.90 bits per heavy atom. The van der Waals surface area contributed by atoms with Crippen molar-refractivity contribution < 1.29 is 14.3 Å². The van der Waals surface area contributed by atoms with Gasteiger partial charge in [-0.1, -0.05) is 24.3 Å². The van der Waals surface area contributed by atoms with E-state index >= 15 is 0 Å². The van der Waals surface area contributed by atoms with Gasteiger partial charge < -0.3 is 14.8 Å². The molecule has 0 bridgehead atoms. The number of aliphatic hydroxyl groups is 1. The van der Waals surface area contributed by atoms with Crippen LogP contribution in [0.4, 0.5) is 0 Å². The minimum absolute atomic E-state index is 0.0113. The van der Waals surface area contributed by atoms with Gasteiger partial charge in [0.25, 0.3) is 0 Å². The molecule has 2 N–H and O–H groups in total. The second kappa shape index (κ2) is 4.74. The van der Waals surface area contributed by atoms with Crippen LogP contribution in [0.25, 0.3) is 0 Å². The van der Waals surface area contributed by atoms with Crippen LogP contribution in [0.1, 0.15) is 35.3 Å². The van der Waals surface area contributed by atoms with Gasteiger partial charge in [0.1, 0.15) is 5.76 Å². The number of furan rings is 1. The van der Waals surface area contributed by atoms with E-state index in [0.29, 0.717) is 6.42 Å². The zero-order valence-corrected chi connectivity index (χ0v) is 11.5. The van der Waals surface area contributed by atoms with E-state index < -0.39 is 6.10 Å². The van der Waals surface area contributed by atoms with Gasteiger partial charge in [0, 0.05) is 18.3 Å². The van der Waals surface area contributed by atoms with Crippen LogP contribution in [0.2, 0.25) is 0 Å².